The molecule has 2 aromatic heterocycles. The molecule has 13 nitrogen and oxygen atoms in total. The first-order chi connectivity index (χ1) is 23.7. The van der Waals surface area contributed by atoms with E-state index in [1.807, 2.05) is 48.7 Å². The summed E-state index contributed by atoms with van der Waals surface area (Å²) in [5, 5.41) is 31.5. The number of non-ortho nitro benzene ring substituents is 1. The van der Waals surface area contributed by atoms with Crippen LogP contribution in [0.1, 0.15) is 44.6 Å². The lowest BCUT2D eigenvalue weighted by molar-refractivity contribution is -0.384. The molecule has 3 heterocycles. The second kappa shape index (κ2) is 14.7. The molecule has 0 unspecified atom stereocenters. The predicted octanol–water partition coefficient (Wildman–Crippen LogP) is 5.96. The van der Waals surface area contributed by atoms with Crippen LogP contribution in [0.5, 0.6) is 11.5 Å². The van der Waals surface area contributed by atoms with Crippen molar-refractivity contribution in [2.24, 2.45) is 5.10 Å². The molecule has 0 radical (unpaired) electrons. The number of thioether (sulfide) groups is 1. The molecule has 250 valence electrons. The number of hydrogen-bond donors (Lipinski definition) is 1. The average molecular weight is 698 g/mol. The van der Waals surface area contributed by atoms with Gasteiger partial charge in [-0.3, -0.25) is 24.3 Å². The van der Waals surface area contributed by atoms with Crippen molar-refractivity contribution in [2.45, 2.75) is 31.1 Å². The molecule has 3 aromatic carbocycles. The summed E-state index contributed by atoms with van der Waals surface area (Å²) in [7, 11) is 2.99. The van der Waals surface area contributed by atoms with Crippen LogP contribution in [0.15, 0.2) is 94.5 Å². The van der Waals surface area contributed by atoms with E-state index in [2.05, 4.69) is 15.5 Å². The van der Waals surface area contributed by atoms with Gasteiger partial charge in [-0.05, 0) is 48.2 Å². The van der Waals surface area contributed by atoms with Crippen LogP contribution >= 0.6 is 23.1 Å². The Morgan fingerprint density at radius 3 is 2.37 bits per heavy atom. The standard InChI is InChI=1S/C34H31N7O6S2/c1-21-6-8-22(9-7-21)29-18-28(30-5-4-14-48-30)38-40(29)32(42)20-49-34-37-36-31(39(34)24-10-12-25(13-11-24)41(44)45)19-35-33(43)23-15-26(46-2)17-27(16-23)47-3/h4-17,29H,18-20H2,1-3H3,(H,35,43)/t29-/m0/s1. The van der Waals surface area contributed by atoms with E-state index in [-0.39, 0.29) is 29.9 Å². The van der Waals surface area contributed by atoms with Crippen molar-refractivity contribution in [3.8, 4) is 17.2 Å². The van der Waals surface area contributed by atoms with Crippen molar-refractivity contribution in [1.82, 2.24) is 25.1 Å². The Hall–Kier alpha value is -5.54. The minimum absolute atomic E-state index is 0.00927. The highest BCUT2D eigenvalue weighted by molar-refractivity contribution is 7.99. The number of aromatic nitrogens is 3. The van der Waals surface area contributed by atoms with E-state index < -0.39 is 10.8 Å². The van der Waals surface area contributed by atoms with Crippen LogP contribution in [0.4, 0.5) is 5.69 Å². The number of thiophene rings is 1. The van der Waals surface area contributed by atoms with Crippen molar-refractivity contribution < 1.29 is 24.0 Å². The van der Waals surface area contributed by atoms with Crippen LogP contribution in [0.3, 0.4) is 0 Å². The number of ether oxygens (including phenoxy) is 2. The predicted molar refractivity (Wildman–Crippen MR) is 186 cm³/mol. The van der Waals surface area contributed by atoms with Gasteiger partial charge in [-0.1, -0.05) is 47.7 Å². The van der Waals surface area contributed by atoms with Crippen LogP contribution in [0.25, 0.3) is 5.69 Å². The number of methoxy groups -OCH3 is 2. The van der Waals surface area contributed by atoms with E-state index in [4.69, 9.17) is 14.6 Å². The Labute approximate surface area is 289 Å². The van der Waals surface area contributed by atoms with E-state index in [0.717, 1.165) is 33.5 Å². The molecule has 6 rings (SSSR count). The monoisotopic (exact) mass is 697 g/mol. The highest BCUT2D eigenvalue weighted by Crippen LogP contribution is 2.35. The number of nitrogens with one attached hydrogen (secondary N) is 1. The normalized spacial score (nSPS) is 14.0. The lowest BCUT2D eigenvalue weighted by Crippen LogP contribution is -2.28. The first-order valence-electron chi connectivity index (χ1n) is 15.1. The van der Waals surface area contributed by atoms with Crippen molar-refractivity contribution in [3.05, 3.63) is 122 Å². The smallest absolute Gasteiger partial charge is 0.269 e. The van der Waals surface area contributed by atoms with Gasteiger partial charge in [0, 0.05) is 35.9 Å². The van der Waals surface area contributed by atoms with Crippen molar-refractivity contribution in [1.29, 1.82) is 0 Å². The summed E-state index contributed by atoms with van der Waals surface area (Å²) in [5.41, 5.74) is 3.71. The molecule has 1 aliphatic rings. The summed E-state index contributed by atoms with van der Waals surface area (Å²) in [6, 6.07) is 22.5. The van der Waals surface area contributed by atoms with Crippen molar-refractivity contribution >= 4 is 46.3 Å². The molecule has 0 aliphatic carbocycles. The van der Waals surface area contributed by atoms with Gasteiger partial charge in [0.25, 0.3) is 17.5 Å². The Kier molecular flexibility index (Phi) is 10.0. The first kappa shape index (κ1) is 33.4. The number of carbonyl (C=O) groups excluding carboxylic acids is 2. The molecule has 0 spiro atoms. The van der Waals surface area contributed by atoms with Crippen LogP contribution in [-0.4, -0.2) is 62.2 Å². The Morgan fingerprint density at radius 2 is 1.73 bits per heavy atom. The third-order valence-electron chi connectivity index (χ3n) is 7.80. The summed E-state index contributed by atoms with van der Waals surface area (Å²) >= 11 is 2.74. The number of nitro groups is 1. The molecular formula is C34H31N7O6S2. The maximum atomic E-state index is 13.8. The number of hydrazone groups is 1. The molecule has 2 amide bonds. The quantitative estimate of drug-likeness (QED) is 0.0945. The van der Waals surface area contributed by atoms with Crippen LogP contribution in [0, 0.1) is 17.0 Å². The summed E-state index contributed by atoms with van der Waals surface area (Å²) in [6.07, 6.45) is 0.585. The molecule has 0 saturated carbocycles. The van der Waals surface area contributed by atoms with Gasteiger partial charge >= 0.3 is 0 Å². The van der Waals surface area contributed by atoms with Crippen molar-refractivity contribution in [2.75, 3.05) is 20.0 Å². The number of nitro benzene ring substituents is 1. The summed E-state index contributed by atoms with van der Waals surface area (Å²) < 4.78 is 12.2. The van der Waals surface area contributed by atoms with Crippen molar-refractivity contribution in [3.63, 3.8) is 0 Å². The molecule has 15 heteroatoms. The fraction of sp³-hybridized carbons (Fsp3) is 0.206. The minimum atomic E-state index is -0.487. The maximum absolute atomic E-state index is 13.8. The fourth-order valence-electron chi connectivity index (χ4n) is 5.26. The Morgan fingerprint density at radius 1 is 1.02 bits per heavy atom. The van der Waals surface area contributed by atoms with Gasteiger partial charge in [-0.15, -0.1) is 21.5 Å². The van der Waals surface area contributed by atoms with Gasteiger partial charge in [0.2, 0.25) is 0 Å². The highest BCUT2D eigenvalue weighted by Gasteiger charge is 2.33. The zero-order valence-electron chi connectivity index (χ0n) is 26.7. The van der Waals surface area contributed by atoms with Gasteiger partial charge in [0.1, 0.15) is 11.5 Å². The summed E-state index contributed by atoms with van der Waals surface area (Å²) in [6.45, 7) is 1.98. The number of carbonyl (C=O) groups is 2. The van der Waals surface area contributed by atoms with Gasteiger partial charge in [-0.2, -0.15) is 5.10 Å². The molecule has 49 heavy (non-hydrogen) atoms. The van der Waals surface area contributed by atoms with E-state index in [0.29, 0.717) is 40.2 Å². The third kappa shape index (κ3) is 7.47. The lowest BCUT2D eigenvalue weighted by atomic mass is 10.00. The summed E-state index contributed by atoms with van der Waals surface area (Å²) in [5.74, 6) is 0.624. The molecule has 0 bridgehead atoms. The van der Waals surface area contributed by atoms with E-state index in [9.17, 15) is 19.7 Å². The molecule has 5 aromatic rings. The van der Waals surface area contributed by atoms with Gasteiger partial charge in [-0.25, -0.2) is 5.01 Å². The number of hydrogen-bond acceptors (Lipinski definition) is 11. The number of benzene rings is 3. The van der Waals surface area contributed by atoms with E-state index >= 15 is 0 Å². The first-order valence-corrected chi connectivity index (χ1v) is 16.9. The zero-order chi connectivity index (χ0) is 34.5. The number of nitrogens with zero attached hydrogens (tertiary/aromatic N) is 6. The maximum Gasteiger partial charge on any atom is 0.269 e. The number of rotatable bonds is 12. The molecule has 0 saturated heterocycles. The Bertz CT molecular complexity index is 1990. The van der Waals surface area contributed by atoms with Crippen LogP contribution < -0.4 is 14.8 Å². The third-order valence-corrected chi connectivity index (χ3v) is 9.63. The van der Waals surface area contributed by atoms with Gasteiger partial charge < -0.3 is 14.8 Å². The number of amides is 2. The topological polar surface area (TPSA) is 154 Å². The molecule has 0 fully saturated rings. The SMILES string of the molecule is COc1cc(OC)cc(C(=O)NCc2nnc(SCC(=O)N3N=C(c4cccs4)C[C@H]3c3ccc(C)cc3)n2-c2ccc([N+](=O)[O-])cc2)c1. The second-order valence-corrected chi connectivity index (χ2v) is 12.9. The van der Waals surface area contributed by atoms with Gasteiger partial charge in [0.05, 0.1) is 48.1 Å². The Balaban J connectivity index is 1.25. The van der Waals surface area contributed by atoms with Gasteiger partial charge in [0.15, 0.2) is 11.0 Å². The minimum Gasteiger partial charge on any atom is -0.497 e. The molecular weight excluding hydrogens is 667 g/mol. The van der Waals surface area contributed by atoms with Crippen LogP contribution in [-0.2, 0) is 11.3 Å². The number of aryl methyl sites for hydroxylation is 1. The second-order valence-electron chi connectivity index (χ2n) is 11.0. The van der Waals surface area contributed by atoms with E-state index in [1.54, 1.807) is 51.2 Å². The summed E-state index contributed by atoms with van der Waals surface area (Å²) in [4.78, 5) is 38.8. The average Bonchev–Trinajstić information content (AvgIpc) is 3.90. The lowest BCUT2D eigenvalue weighted by Gasteiger charge is -2.22. The highest BCUT2D eigenvalue weighted by atomic mass is 32.2. The van der Waals surface area contributed by atoms with Crippen LogP contribution in [0.2, 0.25) is 0 Å². The zero-order valence-corrected chi connectivity index (χ0v) is 28.4. The molecule has 1 aliphatic heterocycles. The molecule has 1 N–H and O–H groups in total. The largest absolute Gasteiger partial charge is 0.497 e. The van der Waals surface area contributed by atoms with E-state index in [1.165, 1.54) is 26.4 Å². The fourth-order valence-corrected chi connectivity index (χ4v) is 6.81. The molecule has 1 atom stereocenters.